The van der Waals surface area contributed by atoms with Gasteiger partial charge in [0.05, 0.1) is 17.9 Å². The van der Waals surface area contributed by atoms with Crippen LogP contribution in [0.5, 0.6) is 5.75 Å². The van der Waals surface area contributed by atoms with Crippen LogP contribution in [0.3, 0.4) is 0 Å². The van der Waals surface area contributed by atoms with Crippen LogP contribution in [0.4, 0.5) is 5.82 Å². The van der Waals surface area contributed by atoms with Crippen molar-refractivity contribution >= 4 is 11.7 Å². The zero-order chi connectivity index (χ0) is 19.8. The van der Waals surface area contributed by atoms with Crippen molar-refractivity contribution in [1.29, 1.82) is 0 Å². The Morgan fingerprint density at radius 1 is 1.21 bits per heavy atom. The number of benzene rings is 1. The third-order valence-electron chi connectivity index (χ3n) is 4.84. The number of carbonyl (C=O) groups excluding carboxylic acids is 1. The number of nitrogens with zero attached hydrogens (tertiary/aromatic N) is 5. The largest absolute Gasteiger partial charge is 0.508 e. The molecule has 0 spiro atoms. The molecule has 0 saturated heterocycles. The molecule has 0 unspecified atom stereocenters. The number of aromatic hydroxyl groups is 1. The quantitative estimate of drug-likeness (QED) is 0.725. The lowest BCUT2D eigenvalue weighted by Gasteiger charge is -2.30. The Kier molecular flexibility index (Phi) is 4.46. The van der Waals surface area contributed by atoms with Crippen LogP contribution in [0.2, 0.25) is 0 Å². The van der Waals surface area contributed by atoms with Crippen LogP contribution in [0, 0.1) is 6.92 Å². The second kappa shape index (κ2) is 6.95. The molecule has 2 N–H and O–H groups in total. The number of amides is 1. The first-order chi connectivity index (χ1) is 13.4. The molecule has 0 fully saturated rings. The SMILES string of the molecule is Cc1nc2c(c(N(C)C)n1)CCN(C(=O)c1cc(-c3ccc(O)cc3)n[nH]1)C2. The predicted molar refractivity (Wildman–Crippen MR) is 105 cm³/mol. The standard InChI is InChI=1S/C20H22N6O2/c1-12-21-18-11-26(9-8-15(18)19(22-12)25(2)3)20(28)17-10-16(23-24-17)13-4-6-14(27)7-5-13/h4-7,10,27H,8-9,11H2,1-3H3,(H,23,24). The van der Waals surface area contributed by atoms with E-state index in [2.05, 4.69) is 20.2 Å². The van der Waals surface area contributed by atoms with Gasteiger partial charge in [0, 0.05) is 31.8 Å². The Morgan fingerprint density at radius 3 is 2.68 bits per heavy atom. The smallest absolute Gasteiger partial charge is 0.272 e. The molecule has 0 saturated carbocycles. The summed E-state index contributed by atoms with van der Waals surface area (Å²) < 4.78 is 0. The number of rotatable bonds is 3. The van der Waals surface area contributed by atoms with Gasteiger partial charge in [0.2, 0.25) is 0 Å². The molecule has 0 atom stereocenters. The zero-order valence-electron chi connectivity index (χ0n) is 16.1. The van der Waals surface area contributed by atoms with Gasteiger partial charge in [-0.1, -0.05) is 0 Å². The van der Waals surface area contributed by atoms with Crippen molar-refractivity contribution in [3.63, 3.8) is 0 Å². The molecule has 144 valence electrons. The molecule has 0 aliphatic carbocycles. The summed E-state index contributed by atoms with van der Waals surface area (Å²) in [6.07, 6.45) is 0.716. The lowest BCUT2D eigenvalue weighted by Crippen LogP contribution is -2.37. The molecule has 2 aromatic heterocycles. The van der Waals surface area contributed by atoms with Crippen molar-refractivity contribution in [2.45, 2.75) is 19.9 Å². The summed E-state index contributed by atoms with van der Waals surface area (Å²) in [7, 11) is 3.93. The molecule has 0 radical (unpaired) electrons. The van der Waals surface area contributed by atoms with Crippen LogP contribution in [0.1, 0.15) is 27.6 Å². The zero-order valence-corrected chi connectivity index (χ0v) is 16.1. The highest BCUT2D eigenvalue weighted by Crippen LogP contribution is 2.27. The Bertz CT molecular complexity index is 1030. The van der Waals surface area contributed by atoms with E-state index in [4.69, 9.17) is 0 Å². The van der Waals surface area contributed by atoms with Gasteiger partial charge in [0.25, 0.3) is 5.91 Å². The third-order valence-corrected chi connectivity index (χ3v) is 4.84. The maximum absolute atomic E-state index is 13.0. The van der Waals surface area contributed by atoms with Gasteiger partial charge in [0.15, 0.2) is 0 Å². The van der Waals surface area contributed by atoms with E-state index in [1.54, 1.807) is 35.2 Å². The monoisotopic (exact) mass is 378 g/mol. The van der Waals surface area contributed by atoms with Crippen molar-refractivity contribution in [2.24, 2.45) is 0 Å². The first kappa shape index (κ1) is 18.0. The van der Waals surface area contributed by atoms with Crippen LogP contribution < -0.4 is 4.90 Å². The van der Waals surface area contributed by atoms with Gasteiger partial charge in [-0.25, -0.2) is 9.97 Å². The maximum atomic E-state index is 13.0. The molecule has 8 heteroatoms. The molecule has 1 aromatic carbocycles. The molecular weight excluding hydrogens is 356 g/mol. The molecule has 3 aromatic rings. The van der Waals surface area contributed by atoms with Crippen LogP contribution in [0.15, 0.2) is 30.3 Å². The van der Waals surface area contributed by atoms with Gasteiger partial charge < -0.3 is 14.9 Å². The summed E-state index contributed by atoms with van der Waals surface area (Å²) in [5, 5.41) is 16.5. The van der Waals surface area contributed by atoms with Crippen molar-refractivity contribution < 1.29 is 9.90 Å². The first-order valence-electron chi connectivity index (χ1n) is 9.10. The van der Waals surface area contributed by atoms with E-state index in [0.717, 1.165) is 22.6 Å². The van der Waals surface area contributed by atoms with E-state index in [0.29, 0.717) is 36.7 Å². The van der Waals surface area contributed by atoms with E-state index in [1.165, 1.54) is 0 Å². The first-order valence-corrected chi connectivity index (χ1v) is 9.10. The molecule has 0 bridgehead atoms. The Morgan fingerprint density at radius 2 is 1.96 bits per heavy atom. The number of carbonyl (C=O) groups is 1. The lowest BCUT2D eigenvalue weighted by molar-refractivity contribution is 0.0725. The van der Waals surface area contributed by atoms with Crippen molar-refractivity contribution in [1.82, 2.24) is 25.1 Å². The van der Waals surface area contributed by atoms with E-state index >= 15 is 0 Å². The Balaban J connectivity index is 1.57. The molecule has 1 aliphatic heterocycles. The molecule has 1 aliphatic rings. The van der Waals surface area contributed by atoms with Crippen LogP contribution in [-0.2, 0) is 13.0 Å². The van der Waals surface area contributed by atoms with Crippen LogP contribution in [-0.4, -0.2) is 56.7 Å². The van der Waals surface area contributed by atoms with E-state index in [1.807, 2.05) is 25.9 Å². The summed E-state index contributed by atoms with van der Waals surface area (Å²) in [6, 6.07) is 8.45. The van der Waals surface area contributed by atoms with Crippen molar-refractivity contribution in [2.75, 3.05) is 25.5 Å². The van der Waals surface area contributed by atoms with Crippen LogP contribution in [0.25, 0.3) is 11.3 Å². The van der Waals surface area contributed by atoms with E-state index < -0.39 is 0 Å². The number of hydrogen-bond acceptors (Lipinski definition) is 6. The lowest BCUT2D eigenvalue weighted by atomic mass is 10.0. The second-order valence-electron chi connectivity index (χ2n) is 7.10. The fourth-order valence-electron chi connectivity index (χ4n) is 3.46. The summed E-state index contributed by atoms with van der Waals surface area (Å²) in [5.41, 5.74) is 3.93. The number of aromatic nitrogens is 4. The molecule has 3 heterocycles. The molecule has 1 amide bonds. The van der Waals surface area contributed by atoms with Gasteiger partial charge >= 0.3 is 0 Å². The number of fused-ring (bicyclic) bond motifs is 1. The van der Waals surface area contributed by atoms with E-state index in [9.17, 15) is 9.90 Å². The third kappa shape index (κ3) is 3.28. The topological polar surface area (TPSA) is 98.2 Å². The minimum Gasteiger partial charge on any atom is -0.508 e. The minimum atomic E-state index is -0.106. The number of anilines is 1. The number of aromatic amines is 1. The maximum Gasteiger partial charge on any atom is 0.272 e. The number of aryl methyl sites for hydroxylation is 1. The summed E-state index contributed by atoms with van der Waals surface area (Å²) in [5.74, 6) is 1.71. The number of hydrogen-bond donors (Lipinski definition) is 2. The van der Waals surface area contributed by atoms with Crippen molar-refractivity contribution in [3.8, 4) is 17.0 Å². The van der Waals surface area contributed by atoms with Gasteiger partial charge in [-0.05, 0) is 43.7 Å². The van der Waals surface area contributed by atoms with Gasteiger partial charge in [-0.2, -0.15) is 5.10 Å². The van der Waals surface area contributed by atoms with Crippen molar-refractivity contribution in [3.05, 3.63) is 53.1 Å². The summed E-state index contributed by atoms with van der Waals surface area (Å²) in [6.45, 7) is 2.92. The van der Waals surface area contributed by atoms with E-state index in [-0.39, 0.29) is 11.7 Å². The number of phenolic OH excluding ortho intramolecular Hbond substituents is 1. The molecule has 8 nitrogen and oxygen atoms in total. The fourth-order valence-corrected chi connectivity index (χ4v) is 3.46. The highest BCUT2D eigenvalue weighted by Gasteiger charge is 2.27. The average molecular weight is 378 g/mol. The minimum absolute atomic E-state index is 0.106. The highest BCUT2D eigenvalue weighted by molar-refractivity contribution is 5.93. The fraction of sp³-hybridized carbons (Fsp3) is 0.300. The molecule has 28 heavy (non-hydrogen) atoms. The Hall–Kier alpha value is -3.42. The normalized spacial score (nSPS) is 13.3. The second-order valence-corrected chi connectivity index (χ2v) is 7.10. The number of nitrogens with one attached hydrogen (secondary N) is 1. The number of H-pyrrole nitrogens is 1. The summed E-state index contributed by atoms with van der Waals surface area (Å²) in [4.78, 5) is 25.8. The molecule has 4 rings (SSSR count). The molecular formula is C20H22N6O2. The average Bonchev–Trinajstić information content (AvgIpc) is 3.16. The van der Waals surface area contributed by atoms with Gasteiger partial charge in [-0.15, -0.1) is 0 Å². The Labute approximate surface area is 162 Å². The number of phenols is 1. The summed E-state index contributed by atoms with van der Waals surface area (Å²) >= 11 is 0. The van der Waals surface area contributed by atoms with Crippen LogP contribution >= 0.6 is 0 Å². The van der Waals surface area contributed by atoms with Gasteiger partial charge in [0.1, 0.15) is 23.1 Å². The predicted octanol–water partition coefficient (Wildman–Crippen LogP) is 2.15. The van der Waals surface area contributed by atoms with Gasteiger partial charge in [-0.3, -0.25) is 9.89 Å². The highest BCUT2D eigenvalue weighted by atomic mass is 16.3.